The zero-order chi connectivity index (χ0) is 17.1. The smallest absolute Gasteiger partial charge is 0.198 e. The van der Waals surface area contributed by atoms with Gasteiger partial charge in [0.1, 0.15) is 23.4 Å². The molecule has 23 heavy (non-hydrogen) atoms. The Labute approximate surface area is 134 Å². The molecule has 0 fully saturated rings. The summed E-state index contributed by atoms with van der Waals surface area (Å²) in [6.07, 6.45) is 0.0785. The highest BCUT2D eigenvalue weighted by atomic mass is 16.5. The Bertz CT molecular complexity index is 609. The molecule has 0 saturated carbocycles. The molecule has 0 bridgehead atoms. The maximum atomic E-state index is 11.5. The number of ketones is 2. The molecule has 0 aliphatic carbocycles. The van der Waals surface area contributed by atoms with E-state index >= 15 is 0 Å². The van der Waals surface area contributed by atoms with Gasteiger partial charge in [-0.05, 0) is 18.8 Å². The molecule has 0 radical (unpaired) electrons. The summed E-state index contributed by atoms with van der Waals surface area (Å²) in [6.45, 7) is 3.17. The summed E-state index contributed by atoms with van der Waals surface area (Å²) in [5.74, 6) is -0.886. The average molecular weight is 322 g/mol. The Morgan fingerprint density at radius 2 is 2.04 bits per heavy atom. The second-order valence-corrected chi connectivity index (χ2v) is 5.98. The van der Waals surface area contributed by atoms with Gasteiger partial charge >= 0.3 is 0 Å². The number of aliphatic hydroxyl groups excluding tert-OH is 1. The minimum atomic E-state index is -0.824. The lowest BCUT2D eigenvalue weighted by molar-refractivity contribution is -0.135. The number of aliphatic hydroxyl groups is 1. The topological polar surface area (TPSA) is 104 Å². The van der Waals surface area contributed by atoms with Crippen molar-refractivity contribution in [1.82, 2.24) is 0 Å². The molecule has 3 N–H and O–H groups in total. The first kappa shape index (κ1) is 17.3. The fourth-order valence-electron chi connectivity index (χ4n) is 2.98. The van der Waals surface area contributed by atoms with Crippen molar-refractivity contribution in [3.8, 4) is 17.2 Å². The van der Waals surface area contributed by atoms with Gasteiger partial charge in [-0.25, -0.2) is 0 Å². The quantitative estimate of drug-likeness (QED) is 0.689. The van der Waals surface area contributed by atoms with E-state index in [0.717, 1.165) is 0 Å². The Morgan fingerprint density at radius 3 is 2.65 bits per heavy atom. The number of ether oxygens (including phenoxy) is 1. The third kappa shape index (κ3) is 3.82. The van der Waals surface area contributed by atoms with E-state index in [-0.39, 0.29) is 30.3 Å². The third-order valence-electron chi connectivity index (χ3n) is 4.35. The van der Waals surface area contributed by atoms with Crippen LogP contribution < -0.4 is 4.74 Å². The standard InChI is InChI=1S/C17H22O6/c1-3-10(4-5-13(20)9(2)18)17-15(22)8-12-14(21)6-11(19)7-16(12)23-17/h6-7,10,15,17,19,21-22H,3-5,8H2,1-2H3. The van der Waals surface area contributed by atoms with Crippen LogP contribution in [0.25, 0.3) is 0 Å². The fraction of sp³-hybridized carbons (Fsp3) is 0.529. The summed E-state index contributed by atoms with van der Waals surface area (Å²) in [6, 6.07) is 2.61. The Hall–Kier alpha value is -2.08. The van der Waals surface area contributed by atoms with Crippen LogP contribution in [0.4, 0.5) is 0 Å². The van der Waals surface area contributed by atoms with E-state index in [1.807, 2.05) is 6.92 Å². The van der Waals surface area contributed by atoms with E-state index in [1.54, 1.807) is 0 Å². The summed E-state index contributed by atoms with van der Waals surface area (Å²) in [7, 11) is 0. The van der Waals surface area contributed by atoms with Crippen molar-refractivity contribution in [3.05, 3.63) is 17.7 Å². The van der Waals surface area contributed by atoms with Crippen molar-refractivity contribution in [2.45, 2.75) is 51.7 Å². The number of benzene rings is 1. The van der Waals surface area contributed by atoms with Gasteiger partial charge in [-0.15, -0.1) is 0 Å². The van der Waals surface area contributed by atoms with Crippen molar-refractivity contribution >= 4 is 11.6 Å². The lowest BCUT2D eigenvalue weighted by atomic mass is 9.85. The zero-order valence-electron chi connectivity index (χ0n) is 13.3. The molecule has 0 saturated heterocycles. The summed E-state index contributed by atoms with van der Waals surface area (Å²) in [5.41, 5.74) is 0.459. The molecule has 1 aromatic rings. The summed E-state index contributed by atoms with van der Waals surface area (Å²) >= 11 is 0. The Balaban J connectivity index is 2.15. The van der Waals surface area contributed by atoms with E-state index in [9.17, 15) is 24.9 Å². The molecule has 1 aliphatic heterocycles. The van der Waals surface area contributed by atoms with Gasteiger partial charge in [0.2, 0.25) is 0 Å². The van der Waals surface area contributed by atoms with Gasteiger partial charge < -0.3 is 20.1 Å². The molecule has 1 heterocycles. The minimum Gasteiger partial charge on any atom is -0.508 e. The van der Waals surface area contributed by atoms with Gasteiger partial charge in [0.15, 0.2) is 11.6 Å². The number of rotatable bonds is 6. The molecule has 6 nitrogen and oxygen atoms in total. The summed E-state index contributed by atoms with van der Waals surface area (Å²) in [4.78, 5) is 22.5. The number of hydrogen-bond donors (Lipinski definition) is 3. The van der Waals surface area contributed by atoms with Gasteiger partial charge in [0.05, 0.1) is 6.10 Å². The molecule has 3 unspecified atom stereocenters. The third-order valence-corrected chi connectivity index (χ3v) is 4.35. The largest absolute Gasteiger partial charge is 0.508 e. The first-order chi connectivity index (χ1) is 10.8. The lowest BCUT2D eigenvalue weighted by Gasteiger charge is -2.35. The van der Waals surface area contributed by atoms with Crippen molar-refractivity contribution in [3.63, 3.8) is 0 Å². The number of Topliss-reactive ketones (excluding diaryl/α,β-unsaturated/α-hetero) is 2. The second kappa shape index (κ2) is 7.00. The molecule has 2 rings (SSSR count). The number of hydrogen-bond acceptors (Lipinski definition) is 6. The molecule has 1 aromatic carbocycles. The summed E-state index contributed by atoms with van der Waals surface area (Å²) < 4.78 is 5.79. The van der Waals surface area contributed by atoms with E-state index in [0.29, 0.717) is 24.2 Å². The predicted octanol–water partition coefficient (Wildman–Crippen LogP) is 1.73. The van der Waals surface area contributed by atoms with Gasteiger partial charge in [-0.1, -0.05) is 6.92 Å². The Morgan fingerprint density at radius 1 is 1.35 bits per heavy atom. The zero-order valence-corrected chi connectivity index (χ0v) is 13.3. The van der Waals surface area contributed by atoms with Crippen LogP contribution in [0.5, 0.6) is 17.2 Å². The van der Waals surface area contributed by atoms with Crippen LogP contribution in [0, 0.1) is 5.92 Å². The number of phenolic OH excluding ortho intramolecular Hbond substituents is 2. The predicted molar refractivity (Wildman–Crippen MR) is 82.6 cm³/mol. The minimum absolute atomic E-state index is 0.106. The Kier molecular flexibility index (Phi) is 5.26. The molecular weight excluding hydrogens is 300 g/mol. The molecule has 6 heteroatoms. The van der Waals surface area contributed by atoms with Crippen LogP contribution in [-0.4, -0.2) is 39.1 Å². The van der Waals surface area contributed by atoms with E-state index < -0.39 is 23.8 Å². The average Bonchev–Trinajstić information content (AvgIpc) is 2.48. The molecule has 1 aliphatic rings. The molecular formula is C17H22O6. The molecule has 0 spiro atoms. The molecule has 0 amide bonds. The number of fused-ring (bicyclic) bond motifs is 1. The van der Waals surface area contributed by atoms with Crippen molar-refractivity contribution < 1.29 is 29.6 Å². The molecule has 3 atom stereocenters. The van der Waals surface area contributed by atoms with Crippen LogP contribution in [0.1, 0.15) is 38.7 Å². The van der Waals surface area contributed by atoms with Crippen LogP contribution in [-0.2, 0) is 16.0 Å². The highest BCUT2D eigenvalue weighted by Crippen LogP contribution is 2.40. The highest BCUT2D eigenvalue weighted by Gasteiger charge is 2.35. The highest BCUT2D eigenvalue weighted by molar-refractivity contribution is 6.36. The number of carbonyl (C=O) groups excluding carboxylic acids is 2. The van der Waals surface area contributed by atoms with Gasteiger partial charge in [-0.2, -0.15) is 0 Å². The van der Waals surface area contributed by atoms with Gasteiger partial charge in [0.25, 0.3) is 0 Å². The van der Waals surface area contributed by atoms with Crippen molar-refractivity contribution in [2.75, 3.05) is 0 Å². The number of phenols is 2. The SMILES string of the molecule is CCC(CCC(=O)C(C)=O)C1Oc2cc(O)cc(O)c2CC1O. The number of carbonyl (C=O) groups is 2. The van der Waals surface area contributed by atoms with E-state index in [2.05, 4.69) is 0 Å². The van der Waals surface area contributed by atoms with E-state index in [1.165, 1.54) is 19.1 Å². The lowest BCUT2D eigenvalue weighted by Crippen LogP contribution is -2.43. The van der Waals surface area contributed by atoms with Crippen LogP contribution in [0.2, 0.25) is 0 Å². The second-order valence-electron chi connectivity index (χ2n) is 5.98. The maximum absolute atomic E-state index is 11.5. The maximum Gasteiger partial charge on any atom is 0.198 e. The molecule has 0 aromatic heterocycles. The first-order valence-electron chi connectivity index (χ1n) is 7.76. The van der Waals surface area contributed by atoms with Crippen LogP contribution in [0.15, 0.2) is 12.1 Å². The van der Waals surface area contributed by atoms with E-state index in [4.69, 9.17) is 4.74 Å². The van der Waals surface area contributed by atoms with Crippen molar-refractivity contribution in [1.29, 1.82) is 0 Å². The first-order valence-corrected chi connectivity index (χ1v) is 7.76. The van der Waals surface area contributed by atoms with Crippen LogP contribution >= 0.6 is 0 Å². The van der Waals surface area contributed by atoms with Crippen molar-refractivity contribution in [2.24, 2.45) is 5.92 Å². The van der Waals surface area contributed by atoms with Gasteiger partial charge in [0, 0.05) is 37.5 Å². The monoisotopic (exact) mass is 322 g/mol. The van der Waals surface area contributed by atoms with Gasteiger partial charge in [-0.3, -0.25) is 9.59 Å². The molecule has 126 valence electrons. The normalized spacial score (nSPS) is 21.2. The van der Waals surface area contributed by atoms with Crippen LogP contribution in [0.3, 0.4) is 0 Å². The summed E-state index contributed by atoms with van der Waals surface area (Å²) in [5, 5.41) is 29.7. The number of aromatic hydroxyl groups is 2. The fourth-order valence-corrected chi connectivity index (χ4v) is 2.98.